The molecule has 0 heterocycles. The normalized spacial score (nSPS) is 12.5. The van der Waals surface area contributed by atoms with Gasteiger partial charge in [-0.2, -0.15) is 0 Å². The lowest BCUT2D eigenvalue weighted by Gasteiger charge is -2.15. The van der Waals surface area contributed by atoms with Crippen LogP contribution in [-0.2, 0) is 6.42 Å². The van der Waals surface area contributed by atoms with Gasteiger partial charge in [0.2, 0.25) is 0 Å². The molecule has 2 rings (SSSR count). The molecule has 2 aromatic carbocycles. The molecule has 0 aliphatic rings. The molecule has 100 valence electrons. The predicted molar refractivity (Wildman–Crippen MR) is 71.5 cm³/mol. The zero-order valence-electron chi connectivity index (χ0n) is 9.71. The van der Waals surface area contributed by atoms with Crippen molar-refractivity contribution in [3.63, 3.8) is 0 Å². The molecule has 0 aliphatic carbocycles. The Morgan fingerprint density at radius 2 is 1.68 bits per heavy atom. The Kier molecular flexibility index (Phi) is 4.40. The summed E-state index contributed by atoms with van der Waals surface area (Å²) in [7, 11) is 0. The van der Waals surface area contributed by atoms with Crippen LogP contribution in [0.5, 0.6) is 0 Å². The summed E-state index contributed by atoms with van der Waals surface area (Å²) in [5.74, 6) is -1.37. The van der Waals surface area contributed by atoms with Crippen molar-refractivity contribution < 1.29 is 13.9 Å². The summed E-state index contributed by atoms with van der Waals surface area (Å²) in [4.78, 5) is 0. The maximum absolute atomic E-state index is 13.5. The summed E-state index contributed by atoms with van der Waals surface area (Å²) in [5.41, 5.74) is 0.541. The van der Waals surface area contributed by atoms with E-state index in [0.29, 0.717) is 15.6 Å². The average Bonchev–Trinajstić information content (AvgIpc) is 2.32. The van der Waals surface area contributed by atoms with Gasteiger partial charge in [-0.25, -0.2) is 8.78 Å². The third-order valence-corrected chi connectivity index (χ3v) is 3.42. The van der Waals surface area contributed by atoms with E-state index in [2.05, 4.69) is 0 Å². The molecule has 1 atom stereocenters. The molecule has 1 N–H and O–H groups in total. The van der Waals surface area contributed by atoms with Crippen LogP contribution in [-0.4, -0.2) is 5.11 Å². The average molecular weight is 303 g/mol. The minimum Gasteiger partial charge on any atom is -0.388 e. The lowest BCUT2D eigenvalue weighted by atomic mass is 10.0. The summed E-state index contributed by atoms with van der Waals surface area (Å²) in [5, 5.41) is 10.7. The highest BCUT2D eigenvalue weighted by Gasteiger charge is 2.17. The van der Waals surface area contributed by atoms with Crippen molar-refractivity contribution in [1.82, 2.24) is 0 Å². The molecule has 0 saturated carbocycles. The molecule has 0 aliphatic heterocycles. The topological polar surface area (TPSA) is 20.2 Å². The molecular weight excluding hydrogens is 293 g/mol. The third kappa shape index (κ3) is 3.24. The Morgan fingerprint density at radius 3 is 2.26 bits per heavy atom. The van der Waals surface area contributed by atoms with Gasteiger partial charge in [0.1, 0.15) is 11.6 Å². The van der Waals surface area contributed by atoms with Crippen LogP contribution < -0.4 is 0 Å². The molecule has 1 unspecified atom stereocenters. The van der Waals surface area contributed by atoms with Crippen LogP contribution in [0.2, 0.25) is 10.0 Å². The second-order valence-electron chi connectivity index (χ2n) is 4.09. The molecule has 0 amide bonds. The van der Waals surface area contributed by atoms with E-state index in [1.54, 1.807) is 18.2 Å². The molecule has 0 saturated heterocycles. The highest BCUT2D eigenvalue weighted by Crippen LogP contribution is 2.32. The quantitative estimate of drug-likeness (QED) is 0.882. The Labute approximate surface area is 119 Å². The van der Waals surface area contributed by atoms with Crippen LogP contribution in [0, 0.1) is 11.6 Å². The second-order valence-corrected chi connectivity index (χ2v) is 4.91. The highest BCUT2D eigenvalue weighted by atomic mass is 35.5. The van der Waals surface area contributed by atoms with E-state index in [9.17, 15) is 13.9 Å². The second kappa shape index (κ2) is 5.87. The largest absolute Gasteiger partial charge is 0.388 e. The predicted octanol–water partition coefficient (Wildman–Crippen LogP) is 4.55. The first-order valence-corrected chi connectivity index (χ1v) is 6.30. The van der Waals surface area contributed by atoms with Gasteiger partial charge in [0, 0.05) is 28.1 Å². The maximum atomic E-state index is 13.5. The fraction of sp³-hybridized carbons (Fsp3) is 0.143. The van der Waals surface area contributed by atoms with Crippen LogP contribution >= 0.6 is 23.2 Å². The number of hydrogen-bond donors (Lipinski definition) is 1. The zero-order chi connectivity index (χ0) is 14.0. The van der Waals surface area contributed by atoms with Crippen LogP contribution in [0.4, 0.5) is 8.78 Å². The van der Waals surface area contributed by atoms with Crippen molar-refractivity contribution in [2.45, 2.75) is 12.5 Å². The van der Waals surface area contributed by atoms with Gasteiger partial charge < -0.3 is 5.11 Å². The summed E-state index contributed by atoms with van der Waals surface area (Å²) in [6.45, 7) is 0. The summed E-state index contributed by atoms with van der Waals surface area (Å²) in [6.07, 6.45) is -1.09. The van der Waals surface area contributed by atoms with Crippen molar-refractivity contribution >= 4 is 23.2 Å². The molecule has 0 aromatic heterocycles. The number of benzene rings is 2. The smallest absolute Gasteiger partial charge is 0.129 e. The number of aliphatic hydroxyl groups is 1. The van der Waals surface area contributed by atoms with Crippen LogP contribution in [0.25, 0.3) is 0 Å². The van der Waals surface area contributed by atoms with Crippen LogP contribution in [0.15, 0.2) is 36.4 Å². The Balaban J connectivity index is 2.28. The fourth-order valence-electron chi connectivity index (χ4n) is 1.83. The maximum Gasteiger partial charge on any atom is 0.129 e. The Morgan fingerprint density at radius 1 is 1.05 bits per heavy atom. The van der Waals surface area contributed by atoms with Crippen molar-refractivity contribution in [2.75, 3.05) is 0 Å². The molecule has 0 radical (unpaired) electrons. The van der Waals surface area contributed by atoms with E-state index in [0.717, 1.165) is 12.1 Å². The van der Waals surface area contributed by atoms with Gasteiger partial charge >= 0.3 is 0 Å². The van der Waals surface area contributed by atoms with Gasteiger partial charge in [-0.05, 0) is 23.8 Å². The van der Waals surface area contributed by atoms with Gasteiger partial charge in [0.05, 0.1) is 6.10 Å². The molecule has 2 aromatic rings. The van der Waals surface area contributed by atoms with Crippen molar-refractivity contribution in [3.05, 3.63) is 69.2 Å². The van der Waals surface area contributed by atoms with E-state index in [-0.39, 0.29) is 12.0 Å². The standard InChI is InChI=1S/C14H10Cl2F2O/c15-10-2-1-3-11(16)14(10)13(19)6-8-4-5-9(17)7-12(8)18/h1-5,7,13,19H,6H2. The highest BCUT2D eigenvalue weighted by molar-refractivity contribution is 6.36. The van der Waals surface area contributed by atoms with Gasteiger partial charge in [-0.3, -0.25) is 0 Å². The molecule has 5 heteroatoms. The van der Waals surface area contributed by atoms with Crippen molar-refractivity contribution in [2.24, 2.45) is 0 Å². The lowest BCUT2D eigenvalue weighted by Crippen LogP contribution is -2.05. The van der Waals surface area contributed by atoms with Crippen LogP contribution in [0.3, 0.4) is 0 Å². The van der Waals surface area contributed by atoms with E-state index < -0.39 is 17.7 Å². The SMILES string of the molecule is OC(Cc1ccc(F)cc1F)c1c(Cl)cccc1Cl. The molecular formula is C14H10Cl2F2O. The minimum atomic E-state index is -1.05. The first-order valence-electron chi connectivity index (χ1n) is 5.55. The Hall–Kier alpha value is -1.16. The summed E-state index contributed by atoms with van der Waals surface area (Å²) >= 11 is 11.9. The lowest BCUT2D eigenvalue weighted by molar-refractivity contribution is 0.177. The molecule has 19 heavy (non-hydrogen) atoms. The fourth-order valence-corrected chi connectivity index (χ4v) is 2.48. The first kappa shape index (κ1) is 14.3. The van der Waals surface area contributed by atoms with Gasteiger partial charge in [-0.1, -0.05) is 35.3 Å². The van der Waals surface area contributed by atoms with E-state index in [1.165, 1.54) is 6.07 Å². The first-order chi connectivity index (χ1) is 8.99. The Bertz CT molecular complexity index is 582. The van der Waals surface area contributed by atoms with Crippen molar-refractivity contribution in [3.8, 4) is 0 Å². The molecule has 0 fully saturated rings. The van der Waals surface area contributed by atoms with Crippen LogP contribution in [0.1, 0.15) is 17.2 Å². The minimum absolute atomic E-state index is 0.0322. The molecule has 1 nitrogen and oxygen atoms in total. The van der Waals surface area contributed by atoms with Crippen molar-refractivity contribution in [1.29, 1.82) is 0 Å². The third-order valence-electron chi connectivity index (χ3n) is 2.76. The number of halogens is 4. The molecule has 0 bridgehead atoms. The molecule has 0 spiro atoms. The summed E-state index contributed by atoms with van der Waals surface area (Å²) in [6, 6.07) is 8.04. The number of hydrogen-bond acceptors (Lipinski definition) is 1. The van der Waals surface area contributed by atoms with Gasteiger partial charge in [-0.15, -0.1) is 0 Å². The monoisotopic (exact) mass is 302 g/mol. The van der Waals surface area contributed by atoms with E-state index in [1.807, 2.05) is 0 Å². The van der Waals surface area contributed by atoms with E-state index in [4.69, 9.17) is 23.2 Å². The summed E-state index contributed by atoms with van der Waals surface area (Å²) < 4.78 is 26.3. The number of rotatable bonds is 3. The van der Waals surface area contributed by atoms with Gasteiger partial charge in [0.15, 0.2) is 0 Å². The zero-order valence-corrected chi connectivity index (χ0v) is 11.2. The van der Waals surface area contributed by atoms with E-state index >= 15 is 0 Å². The van der Waals surface area contributed by atoms with Gasteiger partial charge in [0.25, 0.3) is 0 Å². The number of aliphatic hydroxyl groups excluding tert-OH is 1.